The van der Waals surface area contributed by atoms with Gasteiger partial charge in [-0.3, -0.25) is 0 Å². The van der Waals surface area contributed by atoms with Crippen molar-refractivity contribution in [2.45, 2.75) is 38.2 Å². The number of hydrogen-bond donors (Lipinski definition) is 0. The zero-order valence-electron chi connectivity index (χ0n) is 12.2. The van der Waals surface area contributed by atoms with E-state index in [9.17, 15) is 0 Å². The number of hydrogen-bond acceptors (Lipinski definition) is 6. The predicted octanol–water partition coefficient (Wildman–Crippen LogP) is 3.23. The normalized spacial score (nSPS) is 20.7. The molecule has 0 bridgehead atoms. The maximum Gasteiger partial charge on any atom is 0.208 e. The van der Waals surface area contributed by atoms with E-state index in [1.165, 1.54) is 10.4 Å². The van der Waals surface area contributed by atoms with E-state index in [0.29, 0.717) is 0 Å². The molecule has 0 radical (unpaired) electrons. The summed E-state index contributed by atoms with van der Waals surface area (Å²) in [6.45, 7) is 5.01. The number of thiophene rings is 1. The van der Waals surface area contributed by atoms with Crippen molar-refractivity contribution in [3.8, 4) is 0 Å². The SMILES string of the molecule is CCc1nnc(N2CCC3(CC2)OCCc2ccsc23)s1. The molecule has 2 aliphatic rings. The van der Waals surface area contributed by atoms with Crippen LogP contribution < -0.4 is 4.90 Å². The Balaban J connectivity index is 1.53. The summed E-state index contributed by atoms with van der Waals surface area (Å²) < 4.78 is 6.25. The first-order valence-electron chi connectivity index (χ1n) is 7.59. The maximum atomic E-state index is 6.25. The van der Waals surface area contributed by atoms with Gasteiger partial charge in [0.25, 0.3) is 0 Å². The zero-order valence-corrected chi connectivity index (χ0v) is 13.8. The van der Waals surface area contributed by atoms with Crippen molar-refractivity contribution in [3.63, 3.8) is 0 Å². The van der Waals surface area contributed by atoms with Gasteiger partial charge in [0.15, 0.2) is 0 Å². The monoisotopic (exact) mass is 321 g/mol. The first-order valence-corrected chi connectivity index (χ1v) is 9.28. The van der Waals surface area contributed by atoms with Crippen LogP contribution in [-0.2, 0) is 23.2 Å². The highest BCUT2D eigenvalue weighted by Gasteiger charge is 2.42. The first kappa shape index (κ1) is 13.7. The molecule has 0 saturated carbocycles. The summed E-state index contributed by atoms with van der Waals surface area (Å²) in [5.41, 5.74) is 1.47. The Hall–Kier alpha value is -0.980. The largest absolute Gasteiger partial charge is 0.369 e. The lowest BCUT2D eigenvalue weighted by molar-refractivity contribution is -0.0735. The van der Waals surface area contributed by atoms with Gasteiger partial charge in [0.05, 0.1) is 6.61 Å². The van der Waals surface area contributed by atoms with Gasteiger partial charge in [0.1, 0.15) is 10.6 Å². The van der Waals surface area contributed by atoms with Gasteiger partial charge in [-0.25, -0.2) is 0 Å². The fraction of sp³-hybridized carbons (Fsp3) is 0.600. The third kappa shape index (κ3) is 2.29. The van der Waals surface area contributed by atoms with Crippen LogP contribution in [-0.4, -0.2) is 29.9 Å². The van der Waals surface area contributed by atoms with Crippen molar-refractivity contribution in [1.82, 2.24) is 10.2 Å². The Bertz CT molecular complexity index is 628. The molecule has 0 unspecified atom stereocenters. The molecule has 2 aromatic heterocycles. The van der Waals surface area contributed by atoms with Crippen LogP contribution in [0.1, 0.15) is 35.2 Å². The van der Waals surface area contributed by atoms with Crippen molar-refractivity contribution >= 4 is 27.8 Å². The molecule has 0 N–H and O–H groups in total. The van der Waals surface area contributed by atoms with Crippen LogP contribution >= 0.6 is 22.7 Å². The highest BCUT2D eigenvalue weighted by Crippen LogP contribution is 2.44. The third-order valence-corrected chi connectivity index (χ3v) is 6.78. The van der Waals surface area contributed by atoms with E-state index in [4.69, 9.17) is 4.74 Å². The summed E-state index contributed by atoms with van der Waals surface area (Å²) in [4.78, 5) is 3.84. The number of fused-ring (bicyclic) bond motifs is 2. The third-order valence-electron chi connectivity index (χ3n) is 4.51. The molecule has 0 aromatic carbocycles. The molecule has 1 saturated heterocycles. The van der Waals surface area contributed by atoms with Gasteiger partial charge in [-0.05, 0) is 42.7 Å². The van der Waals surface area contributed by atoms with Crippen LogP contribution in [0.5, 0.6) is 0 Å². The Morgan fingerprint density at radius 2 is 2.19 bits per heavy atom. The van der Waals surface area contributed by atoms with Gasteiger partial charge in [-0.1, -0.05) is 18.3 Å². The molecule has 2 aromatic rings. The van der Waals surface area contributed by atoms with Crippen LogP contribution in [0.25, 0.3) is 0 Å². The lowest BCUT2D eigenvalue weighted by atomic mass is 9.85. The van der Waals surface area contributed by atoms with Crippen LogP contribution in [0.3, 0.4) is 0 Å². The highest BCUT2D eigenvalue weighted by atomic mass is 32.1. The second-order valence-corrected chi connectivity index (χ2v) is 7.64. The fourth-order valence-corrected chi connectivity index (χ4v) is 5.30. The van der Waals surface area contributed by atoms with Gasteiger partial charge >= 0.3 is 0 Å². The van der Waals surface area contributed by atoms with Crippen LogP contribution in [0.15, 0.2) is 11.4 Å². The molecule has 6 heteroatoms. The Morgan fingerprint density at radius 1 is 1.33 bits per heavy atom. The minimum absolute atomic E-state index is 0.0312. The molecular formula is C15H19N3OS2. The summed E-state index contributed by atoms with van der Waals surface area (Å²) in [6, 6.07) is 2.27. The van der Waals surface area contributed by atoms with E-state index in [2.05, 4.69) is 33.5 Å². The summed E-state index contributed by atoms with van der Waals surface area (Å²) in [7, 11) is 0. The number of anilines is 1. The van der Waals surface area contributed by atoms with Gasteiger partial charge in [-0.2, -0.15) is 0 Å². The lowest BCUT2D eigenvalue weighted by Crippen LogP contribution is -2.46. The van der Waals surface area contributed by atoms with Crippen molar-refractivity contribution in [2.24, 2.45) is 0 Å². The van der Waals surface area contributed by atoms with E-state index >= 15 is 0 Å². The average molecular weight is 321 g/mol. The number of nitrogens with zero attached hydrogens (tertiary/aromatic N) is 3. The van der Waals surface area contributed by atoms with Gasteiger partial charge < -0.3 is 9.64 Å². The molecule has 0 atom stereocenters. The van der Waals surface area contributed by atoms with E-state index in [0.717, 1.165) is 55.5 Å². The predicted molar refractivity (Wildman–Crippen MR) is 86.4 cm³/mol. The maximum absolute atomic E-state index is 6.25. The smallest absolute Gasteiger partial charge is 0.208 e. The van der Waals surface area contributed by atoms with Crippen molar-refractivity contribution in [1.29, 1.82) is 0 Å². The van der Waals surface area contributed by atoms with Gasteiger partial charge in [0.2, 0.25) is 5.13 Å². The number of piperidine rings is 1. The van der Waals surface area contributed by atoms with E-state index in [-0.39, 0.29) is 5.60 Å². The summed E-state index contributed by atoms with van der Waals surface area (Å²) in [5, 5.41) is 13.0. The topological polar surface area (TPSA) is 38.2 Å². The molecule has 21 heavy (non-hydrogen) atoms. The molecule has 0 aliphatic carbocycles. The summed E-state index contributed by atoms with van der Waals surface area (Å²) >= 11 is 3.59. The van der Waals surface area contributed by atoms with Gasteiger partial charge in [0, 0.05) is 18.0 Å². The minimum atomic E-state index is -0.0312. The molecule has 0 amide bonds. The lowest BCUT2D eigenvalue weighted by Gasteiger charge is -2.43. The van der Waals surface area contributed by atoms with E-state index < -0.39 is 0 Å². The van der Waals surface area contributed by atoms with Crippen LogP contribution in [0.4, 0.5) is 5.13 Å². The molecule has 4 rings (SSSR count). The Kier molecular flexibility index (Phi) is 3.47. The first-order chi connectivity index (χ1) is 10.3. The zero-order chi connectivity index (χ0) is 14.3. The minimum Gasteiger partial charge on any atom is -0.369 e. The summed E-state index contributed by atoms with van der Waals surface area (Å²) in [5.74, 6) is 0. The van der Waals surface area contributed by atoms with Crippen LogP contribution in [0.2, 0.25) is 0 Å². The van der Waals surface area contributed by atoms with Crippen molar-refractivity contribution < 1.29 is 4.74 Å². The number of aryl methyl sites for hydroxylation is 1. The second kappa shape index (κ2) is 5.34. The Morgan fingerprint density at radius 3 is 2.95 bits per heavy atom. The van der Waals surface area contributed by atoms with Gasteiger partial charge in [-0.15, -0.1) is 21.5 Å². The van der Waals surface area contributed by atoms with E-state index in [1.807, 2.05) is 11.3 Å². The highest BCUT2D eigenvalue weighted by molar-refractivity contribution is 7.15. The average Bonchev–Trinajstić information content (AvgIpc) is 3.18. The molecule has 1 spiro atoms. The molecule has 1 fully saturated rings. The Labute approximate surface area is 132 Å². The standard InChI is InChI=1S/C15H19N3OS2/c1-2-12-16-17-14(21-12)18-7-5-15(6-8-18)13-11(3-9-19-15)4-10-20-13/h4,10H,2-3,5-9H2,1H3. The van der Waals surface area contributed by atoms with Crippen LogP contribution in [0, 0.1) is 0 Å². The molecule has 2 aliphatic heterocycles. The molecule has 112 valence electrons. The fourth-order valence-electron chi connectivity index (χ4n) is 3.30. The second-order valence-electron chi connectivity index (χ2n) is 5.69. The molecule has 4 nitrogen and oxygen atoms in total. The molecular weight excluding hydrogens is 302 g/mol. The number of ether oxygens (including phenoxy) is 1. The number of rotatable bonds is 2. The summed E-state index contributed by atoms with van der Waals surface area (Å²) in [6.07, 6.45) is 4.15. The van der Waals surface area contributed by atoms with E-state index in [1.54, 1.807) is 11.3 Å². The molecule has 4 heterocycles. The quantitative estimate of drug-likeness (QED) is 0.851. The van der Waals surface area contributed by atoms with Crippen molar-refractivity contribution in [3.05, 3.63) is 26.9 Å². The number of aromatic nitrogens is 2. The van der Waals surface area contributed by atoms with Crippen molar-refractivity contribution in [2.75, 3.05) is 24.6 Å².